The maximum Gasteiger partial charge on any atom is 0.180 e. The second-order valence-electron chi connectivity index (χ2n) is 5.26. The van der Waals surface area contributed by atoms with Crippen molar-refractivity contribution in [3.63, 3.8) is 0 Å². The average Bonchev–Trinajstić information content (AvgIpc) is 2.54. The number of aryl methyl sites for hydroxylation is 1. The quantitative estimate of drug-likeness (QED) is 0.508. The highest BCUT2D eigenvalue weighted by atomic mass is 35.5. The van der Waals surface area contributed by atoms with Crippen LogP contribution < -0.4 is 0 Å². The second-order valence-corrected chi connectivity index (χ2v) is 5.79. The monoisotopic (exact) mass is 300 g/mol. The predicted molar refractivity (Wildman–Crippen MR) is 90.1 cm³/mol. The van der Waals surface area contributed by atoms with E-state index in [9.17, 15) is 4.79 Å². The molecular formula is C19H21ClO. The van der Waals surface area contributed by atoms with Gasteiger partial charge < -0.3 is 0 Å². The molecule has 0 heterocycles. The molecule has 2 aromatic carbocycles. The second kappa shape index (κ2) is 7.42. The van der Waals surface area contributed by atoms with Gasteiger partial charge in [-0.25, -0.2) is 0 Å². The Morgan fingerprint density at radius 1 is 0.952 bits per heavy atom. The summed E-state index contributed by atoms with van der Waals surface area (Å²) in [6, 6.07) is 16.3. The van der Waals surface area contributed by atoms with Crippen LogP contribution in [0.1, 0.15) is 42.6 Å². The van der Waals surface area contributed by atoms with Gasteiger partial charge >= 0.3 is 0 Å². The summed E-state index contributed by atoms with van der Waals surface area (Å²) in [6.45, 7) is 4.10. The molecular weight excluding hydrogens is 280 g/mol. The molecule has 0 radical (unpaired) electrons. The van der Waals surface area contributed by atoms with E-state index in [0.717, 1.165) is 18.4 Å². The molecule has 1 atom stereocenters. The van der Waals surface area contributed by atoms with Gasteiger partial charge in [-0.1, -0.05) is 68.8 Å². The fourth-order valence-electron chi connectivity index (χ4n) is 2.35. The minimum absolute atomic E-state index is 0.00371. The van der Waals surface area contributed by atoms with Gasteiger partial charge in [-0.2, -0.15) is 0 Å². The van der Waals surface area contributed by atoms with Crippen LogP contribution in [0.15, 0.2) is 48.5 Å². The molecule has 0 saturated heterocycles. The highest BCUT2D eigenvalue weighted by Gasteiger charge is 2.14. The molecule has 0 fully saturated rings. The lowest BCUT2D eigenvalue weighted by Gasteiger charge is -2.07. The lowest BCUT2D eigenvalue weighted by molar-refractivity contribution is 0.0985. The molecule has 0 aliphatic rings. The largest absolute Gasteiger partial charge is 0.293 e. The Bertz CT molecular complexity index is 584. The van der Waals surface area contributed by atoms with Gasteiger partial charge in [0.05, 0.1) is 5.38 Å². The first-order chi connectivity index (χ1) is 10.2. The number of alkyl halides is 1. The zero-order chi connectivity index (χ0) is 15.2. The molecule has 0 aliphatic heterocycles. The summed E-state index contributed by atoms with van der Waals surface area (Å²) in [7, 11) is 0. The van der Waals surface area contributed by atoms with Crippen LogP contribution in [-0.2, 0) is 6.42 Å². The zero-order valence-electron chi connectivity index (χ0n) is 12.6. The third-order valence-electron chi connectivity index (χ3n) is 3.64. The van der Waals surface area contributed by atoms with Crippen molar-refractivity contribution in [2.24, 2.45) is 0 Å². The maximum absolute atomic E-state index is 12.0. The van der Waals surface area contributed by atoms with Crippen LogP contribution >= 0.6 is 11.6 Å². The maximum atomic E-state index is 12.0. The van der Waals surface area contributed by atoms with Crippen molar-refractivity contribution >= 4 is 17.4 Å². The van der Waals surface area contributed by atoms with Crippen molar-refractivity contribution in [2.75, 3.05) is 0 Å². The molecule has 2 heteroatoms. The summed E-state index contributed by atoms with van der Waals surface area (Å²) in [6.07, 6.45) is 2.93. The molecule has 110 valence electrons. The molecule has 0 amide bonds. The molecule has 0 aliphatic carbocycles. The van der Waals surface area contributed by atoms with E-state index in [1.54, 1.807) is 0 Å². The first kappa shape index (κ1) is 15.8. The van der Waals surface area contributed by atoms with Crippen molar-refractivity contribution < 1.29 is 4.79 Å². The number of halogens is 1. The van der Waals surface area contributed by atoms with Crippen LogP contribution in [0.4, 0.5) is 0 Å². The van der Waals surface area contributed by atoms with Gasteiger partial charge in [0.25, 0.3) is 0 Å². The smallest absolute Gasteiger partial charge is 0.180 e. The Kier molecular flexibility index (Phi) is 5.58. The lowest BCUT2D eigenvalue weighted by atomic mass is 9.99. The van der Waals surface area contributed by atoms with E-state index in [1.807, 2.05) is 31.2 Å². The lowest BCUT2D eigenvalue weighted by Crippen LogP contribution is -2.13. The van der Waals surface area contributed by atoms with E-state index < -0.39 is 5.38 Å². The third kappa shape index (κ3) is 3.95. The van der Waals surface area contributed by atoms with Gasteiger partial charge in [0, 0.05) is 5.56 Å². The van der Waals surface area contributed by atoms with Crippen LogP contribution in [-0.4, -0.2) is 11.2 Å². The van der Waals surface area contributed by atoms with Gasteiger partial charge in [0.1, 0.15) is 0 Å². The van der Waals surface area contributed by atoms with Crippen molar-refractivity contribution in [1.29, 1.82) is 0 Å². The number of benzene rings is 2. The van der Waals surface area contributed by atoms with Gasteiger partial charge in [0.15, 0.2) is 5.78 Å². The minimum atomic E-state index is -0.427. The van der Waals surface area contributed by atoms with Gasteiger partial charge in [0.2, 0.25) is 0 Å². The number of Topliss-reactive ketones (excluding diaryl/α,β-unsaturated/α-hetero) is 1. The summed E-state index contributed by atoms with van der Waals surface area (Å²) in [5.74, 6) is 0.00371. The minimum Gasteiger partial charge on any atom is -0.293 e. The molecule has 0 saturated carbocycles. The van der Waals surface area contributed by atoms with E-state index in [0.29, 0.717) is 12.0 Å². The highest BCUT2D eigenvalue weighted by molar-refractivity contribution is 6.33. The molecule has 1 unspecified atom stereocenters. The van der Waals surface area contributed by atoms with Crippen LogP contribution in [0.25, 0.3) is 11.1 Å². The molecule has 0 aromatic heterocycles. The average molecular weight is 301 g/mol. The van der Waals surface area contributed by atoms with Crippen molar-refractivity contribution in [3.05, 3.63) is 59.7 Å². The van der Waals surface area contributed by atoms with Crippen molar-refractivity contribution in [1.82, 2.24) is 0 Å². The standard InChI is InChI=1S/C19H21ClO/c1-3-5-14-6-8-15(9-7-14)16-10-12-17(13-11-16)19(21)18(20)4-2/h6-13,18H,3-5H2,1-2H3. The van der Waals surface area contributed by atoms with Crippen LogP contribution in [0.3, 0.4) is 0 Å². The number of hydrogen-bond donors (Lipinski definition) is 0. The van der Waals surface area contributed by atoms with Crippen LogP contribution in [0.5, 0.6) is 0 Å². The Balaban J connectivity index is 2.16. The Labute approximate surface area is 132 Å². The number of rotatable bonds is 6. The van der Waals surface area contributed by atoms with Gasteiger partial charge in [-0.3, -0.25) is 4.79 Å². The molecule has 2 rings (SSSR count). The van der Waals surface area contributed by atoms with Gasteiger partial charge in [-0.05, 0) is 29.5 Å². The summed E-state index contributed by atoms with van der Waals surface area (Å²) in [5, 5.41) is -0.427. The Hall–Kier alpha value is -1.60. The molecule has 0 N–H and O–H groups in total. The molecule has 0 bridgehead atoms. The summed E-state index contributed by atoms with van der Waals surface area (Å²) < 4.78 is 0. The number of ketones is 1. The number of carbonyl (C=O) groups excluding carboxylic acids is 1. The van der Waals surface area contributed by atoms with Crippen LogP contribution in [0, 0.1) is 0 Å². The van der Waals surface area contributed by atoms with E-state index in [4.69, 9.17) is 11.6 Å². The van der Waals surface area contributed by atoms with Crippen LogP contribution in [0.2, 0.25) is 0 Å². The highest BCUT2D eigenvalue weighted by Crippen LogP contribution is 2.22. The van der Waals surface area contributed by atoms with Crippen molar-refractivity contribution in [3.8, 4) is 11.1 Å². The predicted octanol–water partition coefficient (Wildman–Crippen LogP) is 5.51. The fourth-order valence-corrected chi connectivity index (χ4v) is 2.47. The first-order valence-corrected chi connectivity index (χ1v) is 7.97. The van der Waals surface area contributed by atoms with E-state index >= 15 is 0 Å². The number of hydrogen-bond acceptors (Lipinski definition) is 1. The molecule has 21 heavy (non-hydrogen) atoms. The topological polar surface area (TPSA) is 17.1 Å². The Morgan fingerprint density at radius 2 is 1.48 bits per heavy atom. The third-order valence-corrected chi connectivity index (χ3v) is 4.15. The first-order valence-electron chi connectivity index (χ1n) is 7.53. The molecule has 2 aromatic rings. The molecule has 0 spiro atoms. The number of carbonyl (C=O) groups is 1. The zero-order valence-corrected chi connectivity index (χ0v) is 13.4. The summed E-state index contributed by atoms with van der Waals surface area (Å²) in [5.41, 5.74) is 4.34. The summed E-state index contributed by atoms with van der Waals surface area (Å²) in [4.78, 5) is 12.0. The van der Waals surface area contributed by atoms with Crippen molar-refractivity contribution in [2.45, 2.75) is 38.5 Å². The van der Waals surface area contributed by atoms with E-state index in [-0.39, 0.29) is 5.78 Å². The summed E-state index contributed by atoms with van der Waals surface area (Å²) >= 11 is 6.00. The van der Waals surface area contributed by atoms with Gasteiger partial charge in [-0.15, -0.1) is 11.6 Å². The van der Waals surface area contributed by atoms with E-state index in [1.165, 1.54) is 11.1 Å². The fraction of sp³-hybridized carbons (Fsp3) is 0.316. The molecule has 1 nitrogen and oxygen atoms in total. The van der Waals surface area contributed by atoms with E-state index in [2.05, 4.69) is 31.2 Å². The Morgan fingerprint density at radius 3 is 1.95 bits per heavy atom. The normalized spacial score (nSPS) is 12.1. The SMILES string of the molecule is CCCc1ccc(-c2ccc(C(=O)C(Cl)CC)cc2)cc1.